The van der Waals surface area contributed by atoms with E-state index >= 15 is 0 Å². The summed E-state index contributed by atoms with van der Waals surface area (Å²) in [6.45, 7) is 23.2. The predicted molar refractivity (Wildman–Crippen MR) is 118 cm³/mol. The first-order valence-electron chi connectivity index (χ1n) is 8.22. The Labute approximate surface area is 158 Å². The Morgan fingerprint density at radius 1 is 0.538 bits per heavy atom. The van der Waals surface area contributed by atoms with Crippen LogP contribution in [-0.2, 0) is 0 Å². The molecule has 0 aliphatic heterocycles. The van der Waals surface area contributed by atoms with Crippen molar-refractivity contribution in [2.24, 2.45) is 0 Å². The van der Waals surface area contributed by atoms with Crippen LogP contribution in [0.15, 0.2) is 110 Å². The normalized spacial score (nSPS) is 11.2. The van der Waals surface area contributed by atoms with Gasteiger partial charge in [-0.3, -0.25) is 0 Å². The summed E-state index contributed by atoms with van der Waals surface area (Å²) >= 11 is 0. The summed E-state index contributed by atoms with van der Waals surface area (Å²) in [6.07, 6.45) is 0. The van der Waals surface area contributed by atoms with Crippen LogP contribution in [0.3, 0.4) is 0 Å². The Hall–Kier alpha value is -2.83. The largest absolute Gasteiger partial charge is 0.532 e. The van der Waals surface area contributed by atoms with Crippen molar-refractivity contribution in [2.75, 3.05) is 0 Å². The van der Waals surface area contributed by atoms with Crippen molar-refractivity contribution in [1.29, 1.82) is 0 Å². The fourth-order valence-electron chi connectivity index (χ4n) is 2.49. The summed E-state index contributed by atoms with van der Waals surface area (Å²) in [6, 6.07) is 11.9. The van der Waals surface area contributed by atoms with Gasteiger partial charge in [0.1, 0.15) is 11.5 Å². The molecule has 0 saturated carbocycles. The molecule has 0 aliphatic carbocycles. The van der Waals surface area contributed by atoms with Gasteiger partial charge in [-0.25, -0.2) is 0 Å². The Morgan fingerprint density at radius 2 is 0.846 bits per heavy atom. The molecule has 2 nitrogen and oxygen atoms in total. The minimum absolute atomic E-state index is 0.768. The van der Waals surface area contributed by atoms with Crippen LogP contribution in [-0.4, -0.2) is 16.6 Å². The van der Waals surface area contributed by atoms with Gasteiger partial charge in [0, 0.05) is 0 Å². The van der Waals surface area contributed by atoms with Crippen molar-refractivity contribution < 1.29 is 8.85 Å². The first kappa shape index (κ1) is 19.5. The van der Waals surface area contributed by atoms with E-state index in [4.69, 9.17) is 8.85 Å². The van der Waals surface area contributed by atoms with Crippen molar-refractivity contribution in [1.82, 2.24) is 0 Å². The van der Waals surface area contributed by atoms with Gasteiger partial charge < -0.3 is 8.85 Å². The molecule has 0 amide bonds. The first-order chi connectivity index (χ1) is 12.5. The zero-order valence-corrected chi connectivity index (χ0v) is 17.0. The minimum atomic E-state index is -2.36. The van der Waals surface area contributed by atoms with E-state index in [-0.39, 0.29) is 0 Å². The molecule has 0 atom stereocenters. The topological polar surface area (TPSA) is 18.5 Å². The molecule has 2 aromatic carbocycles. The third-order valence-electron chi connectivity index (χ3n) is 4.29. The number of hydrogen-bond donors (Lipinski definition) is 0. The molecule has 0 heterocycles. The van der Waals surface area contributed by atoms with E-state index < -0.39 is 16.6 Å². The summed E-state index contributed by atoms with van der Waals surface area (Å²) < 4.78 is 12.3. The van der Waals surface area contributed by atoms with Crippen LogP contribution in [0.2, 0.25) is 0 Å². The van der Waals surface area contributed by atoms with Gasteiger partial charge in [-0.2, -0.15) is 0 Å². The molecular weight excluding hydrogens is 352 g/mol. The highest BCUT2D eigenvalue weighted by Crippen LogP contribution is 2.28. The lowest BCUT2D eigenvalue weighted by Crippen LogP contribution is -2.35. The second kappa shape index (κ2) is 8.04. The van der Waals surface area contributed by atoms with Gasteiger partial charge in [0.25, 0.3) is 0 Å². The lowest BCUT2D eigenvalue weighted by molar-refractivity contribution is 0.573. The van der Waals surface area contributed by atoms with Gasteiger partial charge in [0.2, 0.25) is 0 Å². The molecule has 0 N–H and O–H groups in total. The zero-order chi connectivity index (χ0) is 19.2. The highest BCUT2D eigenvalue weighted by molar-refractivity contribution is 6.88. The molecule has 0 aliphatic rings. The Morgan fingerprint density at radius 3 is 1.12 bits per heavy atom. The maximum atomic E-state index is 6.14. The average molecular weight is 377 g/mol. The van der Waals surface area contributed by atoms with Crippen molar-refractivity contribution in [3.8, 4) is 11.5 Å². The van der Waals surface area contributed by atoms with Crippen LogP contribution in [0.5, 0.6) is 11.5 Å². The quantitative estimate of drug-likeness (QED) is 0.485. The molecule has 4 heteroatoms. The van der Waals surface area contributed by atoms with E-state index in [1.807, 2.05) is 36.4 Å². The van der Waals surface area contributed by atoms with Crippen LogP contribution in [0.4, 0.5) is 0 Å². The van der Waals surface area contributed by atoms with E-state index in [1.54, 1.807) is 34.2 Å². The molecule has 0 radical (unpaired) electrons. The van der Waals surface area contributed by atoms with Gasteiger partial charge in [0.15, 0.2) is 0 Å². The number of fused-ring (bicyclic) bond motifs is 1. The van der Waals surface area contributed by atoms with Crippen LogP contribution in [0.1, 0.15) is 0 Å². The minimum Gasteiger partial charge on any atom is -0.532 e. The van der Waals surface area contributed by atoms with Crippen molar-refractivity contribution in [3.63, 3.8) is 0 Å². The maximum absolute atomic E-state index is 6.14. The lowest BCUT2D eigenvalue weighted by Gasteiger charge is -2.23. The highest BCUT2D eigenvalue weighted by atomic mass is 28.4. The van der Waals surface area contributed by atoms with Gasteiger partial charge in [0.05, 0.1) is 0 Å². The smallest absolute Gasteiger partial charge is 0.323 e. The van der Waals surface area contributed by atoms with Crippen LogP contribution >= 0.6 is 0 Å². The molecule has 26 heavy (non-hydrogen) atoms. The van der Waals surface area contributed by atoms with Gasteiger partial charge in [-0.05, 0) is 35.0 Å². The summed E-state index contributed by atoms with van der Waals surface area (Å²) in [5.41, 5.74) is 10.8. The van der Waals surface area contributed by atoms with Gasteiger partial charge in [-0.1, -0.05) is 46.3 Å². The summed E-state index contributed by atoms with van der Waals surface area (Å²) in [5.74, 6) is 1.54. The molecule has 0 fully saturated rings. The molecule has 2 rings (SSSR count). The van der Waals surface area contributed by atoms with Crippen molar-refractivity contribution >= 4 is 27.4 Å². The van der Waals surface area contributed by atoms with E-state index in [0.717, 1.165) is 22.3 Å². The Bertz CT molecular complexity index is 766. The molecule has 2 aromatic rings. The summed E-state index contributed by atoms with van der Waals surface area (Å²) in [4.78, 5) is 0. The molecular formula is C22H24O2Si2. The molecule has 0 spiro atoms. The number of hydrogen-bond acceptors (Lipinski definition) is 2. The second-order valence-corrected chi connectivity index (χ2v) is 12.1. The van der Waals surface area contributed by atoms with E-state index in [2.05, 4.69) is 39.5 Å². The SMILES string of the molecule is C=C[Si](C=C)(C=C)Oc1ccc2cc(O[Si](C=C)(C=C)C=C)ccc2c1. The van der Waals surface area contributed by atoms with Gasteiger partial charge >= 0.3 is 16.6 Å². The van der Waals surface area contributed by atoms with Crippen LogP contribution < -0.4 is 8.85 Å². The monoisotopic (exact) mass is 376 g/mol. The first-order valence-corrected chi connectivity index (χ1v) is 12.5. The third-order valence-corrected chi connectivity index (χ3v) is 9.29. The molecule has 0 saturated heterocycles. The van der Waals surface area contributed by atoms with Crippen molar-refractivity contribution in [2.45, 2.75) is 0 Å². The van der Waals surface area contributed by atoms with E-state index in [0.29, 0.717) is 0 Å². The highest BCUT2D eigenvalue weighted by Gasteiger charge is 2.27. The summed E-state index contributed by atoms with van der Waals surface area (Å²) in [5, 5.41) is 2.11. The standard InChI is InChI=1S/C22H24O2Si2/c1-7-25(8-2,9-3)23-21-15-13-20-18-22(16-14-19(20)17-21)24-26(10-4,11-5)12-6/h7-18H,1-6H2. The van der Waals surface area contributed by atoms with E-state index in [1.165, 1.54) is 0 Å². The predicted octanol–water partition coefficient (Wildman–Crippen LogP) is 5.84. The average Bonchev–Trinajstić information content (AvgIpc) is 2.70. The fraction of sp³-hybridized carbons (Fsp3) is 0. The molecule has 0 bridgehead atoms. The third kappa shape index (κ3) is 3.87. The molecule has 0 unspecified atom stereocenters. The van der Waals surface area contributed by atoms with Crippen LogP contribution in [0.25, 0.3) is 10.8 Å². The number of rotatable bonds is 10. The number of benzene rings is 2. The summed E-state index contributed by atoms with van der Waals surface area (Å²) in [7, 11) is -4.73. The molecule has 132 valence electrons. The van der Waals surface area contributed by atoms with Crippen molar-refractivity contribution in [3.05, 3.63) is 110 Å². The van der Waals surface area contributed by atoms with Gasteiger partial charge in [-0.15, -0.1) is 39.5 Å². The Balaban J connectivity index is 2.36. The second-order valence-electron chi connectivity index (χ2n) is 5.81. The Kier molecular flexibility index (Phi) is 6.03. The lowest BCUT2D eigenvalue weighted by atomic mass is 10.1. The molecule has 0 aromatic heterocycles. The van der Waals surface area contributed by atoms with E-state index in [9.17, 15) is 0 Å². The maximum Gasteiger partial charge on any atom is 0.323 e. The fourth-order valence-corrected chi connectivity index (χ4v) is 5.06. The van der Waals surface area contributed by atoms with Crippen LogP contribution in [0, 0.1) is 0 Å². The zero-order valence-electron chi connectivity index (χ0n) is 15.0.